The molecule has 0 atom stereocenters. The zero-order valence-electron chi connectivity index (χ0n) is 14.6. The molecule has 2 N–H and O–H groups in total. The molecule has 1 aliphatic rings. The Morgan fingerprint density at radius 2 is 1.96 bits per heavy atom. The summed E-state index contributed by atoms with van der Waals surface area (Å²) in [5, 5.41) is 14.5. The lowest BCUT2D eigenvalue weighted by Gasteiger charge is -2.07. The van der Waals surface area contributed by atoms with Gasteiger partial charge in [-0.2, -0.15) is 0 Å². The third-order valence-corrected chi connectivity index (χ3v) is 4.10. The summed E-state index contributed by atoms with van der Waals surface area (Å²) >= 11 is 0. The fourth-order valence-corrected chi connectivity index (χ4v) is 2.78. The minimum Gasteiger partial charge on any atom is -0.467 e. The first-order chi connectivity index (χ1) is 13.8. The van der Waals surface area contributed by atoms with Crippen LogP contribution in [0.15, 0.2) is 63.8 Å². The Morgan fingerprint density at radius 1 is 1.00 bits per heavy atom. The molecule has 0 unspecified atom stereocenters. The van der Waals surface area contributed by atoms with E-state index in [0.717, 1.165) is 11.4 Å². The Balaban J connectivity index is 1.34. The average molecular weight is 377 g/mol. The molecule has 0 radical (unpaired) electrons. The zero-order valence-corrected chi connectivity index (χ0v) is 14.6. The molecule has 1 aliphatic heterocycles. The first-order valence-electron chi connectivity index (χ1n) is 8.57. The molecule has 0 amide bonds. The molecule has 140 valence electrons. The number of rotatable bonds is 6. The second kappa shape index (κ2) is 6.95. The molecule has 3 aromatic heterocycles. The monoisotopic (exact) mass is 377 g/mol. The number of benzene rings is 1. The number of nitrogens with zero attached hydrogens (tertiary/aromatic N) is 3. The van der Waals surface area contributed by atoms with E-state index in [2.05, 4.69) is 25.8 Å². The maximum absolute atomic E-state index is 5.76. The maximum atomic E-state index is 5.76. The van der Waals surface area contributed by atoms with Gasteiger partial charge in [-0.1, -0.05) is 5.10 Å². The molecule has 0 aliphatic carbocycles. The Bertz CT molecular complexity index is 1090. The number of aromatic nitrogens is 3. The van der Waals surface area contributed by atoms with Gasteiger partial charge in [0.2, 0.25) is 6.79 Å². The zero-order chi connectivity index (χ0) is 18.8. The van der Waals surface area contributed by atoms with Crippen molar-refractivity contribution in [3.8, 4) is 23.0 Å². The molecule has 4 aromatic rings. The summed E-state index contributed by atoms with van der Waals surface area (Å²) < 4.78 is 21.8. The van der Waals surface area contributed by atoms with Crippen molar-refractivity contribution in [2.24, 2.45) is 0 Å². The van der Waals surface area contributed by atoms with Crippen molar-refractivity contribution >= 4 is 17.5 Å². The molecule has 4 heterocycles. The molecule has 0 saturated heterocycles. The van der Waals surface area contributed by atoms with Crippen molar-refractivity contribution < 1.29 is 18.3 Å². The highest BCUT2D eigenvalue weighted by molar-refractivity contribution is 5.69. The summed E-state index contributed by atoms with van der Waals surface area (Å²) in [5.74, 6) is 3.14. The number of ether oxygens (including phenoxy) is 2. The van der Waals surface area contributed by atoms with Gasteiger partial charge in [0.25, 0.3) is 5.89 Å². The first-order valence-corrected chi connectivity index (χ1v) is 8.57. The Morgan fingerprint density at radius 3 is 2.89 bits per heavy atom. The van der Waals surface area contributed by atoms with Gasteiger partial charge in [0.05, 0.1) is 18.4 Å². The quantitative estimate of drug-likeness (QED) is 0.518. The first kappa shape index (κ1) is 16.2. The van der Waals surface area contributed by atoms with E-state index in [1.54, 1.807) is 12.5 Å². The van der Waals surface area contributed by atoms with Gasteiger partial charge in [0.1, 0.15) is 11.6 Å². The molecule has 0 bridgehead atoms. The van der Waals surface area contributed by atoms with Crippen molar-refractivity contribution in [3.63, 3.8) is 0 Å². The van der Waals surface area contributed by atoms with Gasteiger partial charge >= 0.3 is 6.01 Å². The molecule has 9 nitrogen and oxygen atoms in total. The average Bonchev–Trinajstić information content (AvgIpc) is 3.48. The van der Waals surface area contributed by atoms with Crippen LogP contribution in [0.4, 0.5) is 17.5 Å². The Labute approximate surface area is 159 Å². The number of nitrogens with one attached hydrogen (secondary N) is 2. The van der Waals surface area contributed by atoms with E-state index in [1.807, 2.05) is 42.5 Å². The predicted molar refractivity (Wildman–Crippen MR) is 99.4 cm³/mol. The number of hydrogen-bond donors (Lipinski definition) is 2. The molecule has 0 fully saturated rings. The summed E-state index contributed by atoms with van der Waals surface area (Å²) in [7, 11) is 0. The van der Waals surface area contributed by atoms with Gasteiger partial charge in [-0.05, 0) is 36.4 Å². The highest BCUT2D eigenvalue weighted by Crippen LogP contribution is 2.35. The smallest absolute Gasteiger partial charge is 0.320 e. The number of anilines is 3. The second-order valence-electron chi connectivity index (χ2n) is 5.94. The molecular weight excluding hydrogens is 362 g/mol. The van der Waals surface area contributed by atoms with E-state index in [9.17, 15) is 0 Å². The number of fused-ring (bicyclic) bond motifs is 1. The van der Waals surface area contributed by atoms with Crippen LogP contribution in [0, 0.1) is 0 Å². The fourth-order valence-electron chi connectivity index (χ4n) is 2.78. The van der Waals surface area contributed by atoms with Crippen LogP contribution in [0.3, 0.4) is 0 Å². The topological polar surface area (TPSA) is 107 Å². The summed E-state index contributed by atoms with van der Waals surface area (Å²) in [4.78, 5) is 4.36. The number of furan rings is 1. The minimum absolute atomic E-state index is 0.221. The van der Waals surface area contributed by atoms with Crippen LogP contribution in [-0.2, 0) is 6.54 Å². The van der Waals surface area contributed by atoms with Crippen LogP contribution in [0.2, 0.25) is 0 Å². The van der Waals surface area contributed by atoms with Crippen molar-refractivity contribution in [3.05, 3.63) is 60.7 Å². The van der Waals surface area contributed by atoms with E-state index in [-0.39, 0.29) is 12.8 Å². The Kier molecular flexibility index (Phi) is 4.02. The van der Waals surface area contributed by atoms with E-state index in [0.29, 0.717) is 35.3 Å². The molecule has 28 heavy (non-hydrogen) atoms. The van der Waals surface area contributed by atoms with Crippen LogP contribution in [0.25, 0.3) is 11.5 Å². The van der Waals surface area contributed by atoms with E-state index < -0.39 is 0 Å². The molecule has 5 rings (SSSR count). The highest BCUT2D eigenvalue weighted by Gasteiger charge is 2.16. The normalized spacial score (nSPS) is 12.1. The van der Waals surface area contributed by atoms with Crippen molar-refractivity contribution in [1.29, 1.82) is 0 Å². The predicted octanol–water partition coefficient (Wildman–Crippen LogP) is 3.81. The van der Waals surface area contributed by atoms with Gasteiger partial charge < -0.3 is 28.9 Å². The lowest BCUT2D eigenvalue weighted by molar-refractivity contribution is 0.174. The van der Waals surface area contributed by atoms with Gasteiger partial charge in [-0.3, -0.25) is 0 Å². The number of hydrogen-bond acceptors (Lipinski definition) is 9. The van der Waals surface area contributed by atoms with Crippen LogP contribution in [0.1, 0.15) is 5.76 Å². The molecule has 0 spiro atoms. The lowest BCUT2D eigenvalue weighted by atomic mass is 10.2. The molecule has 9 heteroatoms. The van der Waals surface area contributed by atoms with Crippen LogP contribution in [-0.4, -0.2) is 22.0 Å². The van der Waals surface area contributed by atoms with Gasteiger partial charge in [-0.25, -0.2) is 4.98 Å². The molecule has 0 saturated carbocycles. The van der Waals surface area contributed by atoms with Crippen molar-refractivity contribution in [2.75, 3.05) is 17.4 Å². The summed E-state index contributed by atoms with van der Waals surface area (Å²) in [6.07, 6.45) is 3.32. The van der Waals surface area contributed by atoms with Gasteiger partial charge in [0, 0.05) is 18.0 Å². The third kappa shape index (κ3) is 3.20. The van der Waals surface area contributed by atoms with Gasteiger partial charge in [0.15, 0.2) is 11.5 Å². The summed E-state index contributed by atoms with van der Waals surface area (Å²) in [6, 6.07) is 13.1. The summed E-state index contributed by atoms with van der Waals surface area (Å²) in [6.45, 7) is 0.714. The van der Waals surface area contributed by atoms with E-state index in [1.165, 1.54) is 0 Å². The third-order valence-electron chi connectivity index (χ3n) is 4.10. The van der Waals surface area contributed by atoms with E-state index >= 15 is 0 Å². The summed E-state index contributed by atoms with van der Waals surface area (Å²) in [5.41, 5.74) is 1.45. The fraction of sp³-hybridized carbons (Fsp3) is 0.105. The molecular formula is C19H15N5O4. The molecule has 1 aromatic carbocycles. The lowest BCUT2D eigenvalue weighted by Crippen LogP contribution is -2.02. The minimum atomic E-state index is 0.221. The van der Waals surface area contributed by atoms with E-state index in [4.69, 9.17) is 18.3 Å². The second-order valence-corrected chi connectivity index (χ2v) is 5.94. The van der Waals surface area contributed by atoms with Gasteiger partial charge in [-0.15, -0.1) is 5.10 Å². The van der Waals surface area contributed by atoms with Crippen LogP contribution in [0.5, 0.6) is 11.5 Å². The standard InChI is InChI=1S/C19H15N5O4/c1-4-14(17(20-7-1)21-10-13-3-2-8-25-13)18-23-24-19(28-18)22-12-5-6-15-16(9-12)27-11-26-15/h1-9H,10-11H2,(H,20,21)(H,22,24). The van der Waals surface area contributed by atoms with Crippen LogP contribution >= 0.6 is 0 Å². The SMILES string of the molecule is c1coc(CNc2ncccc2-c2nnc(Nc3ccc4c(c3)OCO4)o2)c1. The Hall–Kier alpha value is -4.01. The van der Waals surface area contributed by atoms with Crippen molar-refractivity contribution in [1.82, 2.24) is 15.2 Å². The van der Waals surface area contributed by atoms with Crippen molar-refractivity contribution in [2.45, 2.75) is 6.54 Å². The maximum Gasteiger partial charge on any atom is 0.320 e. The largest absolute Gasteiger partial charge is 0.467 e. The van der Waals surface area contributed by atoms with Crippen LogP contribution < -0.4 is 20.1 Å². The highest BCUT2D eigenvalue weighted by atomic mass is 16.7. The number of pyridine rings is 1.